The molecule has 1 aliphatic rings. The van der Waals surface area contributed by atoms with E-state index in [4.69, 9.17) is 0 Å². The van der Waals surface area contributed by atoms with Gasteiger partial charge in [0.15, 0.2) is 0 Å². The van der Waals surface area contributed by atoms with Crippen LogP contribution in [0.5, 0.6) is 0 Å². The first-order valence-electron chi connectivity index (χ1n) is 5.93. The quantitative estimate of drug-likeness (QED) is 0.645. The van der Waals surface area contributed by atoms with Crippen LogP contribution in [-0.4, -0.2) is 58.3 Å². The molecule has 0 aromatic rings. The van der Waals surface area contributed by atoms with Gasteiger partial charge in [0.05, 0.1) is 5.75 Å². The average molecular weight is 249 g/mol. The second-order valence-electron chi connectivity index (χ2n) is 4.36. The lowest BCUT2D eigenvalue weighted by molar-refractivity contribution is 0.357. The van der Waals surface area contributed by atoms with Gasteiger partial charge in [0, 0.05) is 19.1 Å². The molecule has 0 bridgehead atoms. The zero-order chi connectivity index (χ0) is 12.0. The number of hydrogen-bond donors (Lipinski definition) is 2. The van der Waals surface area contributed by atoms with Crippen LogP contribution in [0.2, 0.25) is 0 Å². The Morgan fingerprint density at radius 3 is 2.81 bits per heavy atom. The van der Waals surface area contributed by atoms with E-state index in [0.717, 1.165) is 32.5 Å². The maximum atomic E-state index is 11.7. The molecule has 0 aromatic heterocycles. The van der Waals surface area contributed by atoms with Crippen LogP contribution in [-0.2, 0) is 10.0 Å². The summed E-state index contributed by atoms with van der Waals surface area (Å²) in [6.07, 6.45) is 2.05. The van der Waals surface area contributed by atoms with Crippen LogP contribution in [0.15, 0.2) is 0 Å². The van der Waals surface area contributed by atoms with Crippen molar-refractivity contribution in [3.05, 3.63) is 0 Å². The highest BCUT2D eigenvalue weighted by Gasteiger charge is 2.21. The minimum Gasteiger partial charge on any atom is -0.313 e. The summed E-state index contributed by atoms with van der Waals surface area (Å²) in [7, 11) is -1.13. The van der Waals surface area contributed by atoms with Crippen molar-refractivity contribution in [2.45, 2.75) is 25.8 Å². The first kappa shape index (κ1) is 13.9. The minimum absolute atomic E-state index is 0.140. The van der Waals surface area contributed by atoms with Gasteiger partial charge < -0.3 is 10.2 Å². The molecule has 1 saturated heterocycles. The number of rotatable bonds is 7. The lowest BCUT2D eigenvalue weighted by Gasteiger charge is -2.15. The highest BCUT2D eigenvalue weighted by molar-refractivity contribution is 7.89. The molecule has 1 aliphatic heterocycles. The lowest BCUT2D eigenvalue weighted by atomic mass is 10.3. The Kier molecular flexibility index (Phi) is 5.68. The fourth-order valence-corrected chi connectivity index (χ4v) is 3.11. The predicted octanol–water partition coefficient (Wildman–Crippen LogP) is -0.390. The smallest absolute Gasteiger partial charge is 0.213 e. The summed E-state index contributed by atoms with van der Waals surface area (Å²) in [5, 5.41) is 3.19. The second-order valence-corrected chi connectivity index (χ2v) is 6.22. The zero-order valence-corrected chi connectivity index (χ0v) is 11.0. The first-order chi connectivity index (χ1) is 7.53. The molecular weight excluding hydrogens is 226 g/mol. The van der Waals surface area contributed by atoms with Crippen molar-refractivity contribution in [3.8, 4) is 0 Å². The molecule has 16 heavy (non-hydrogen) atoms. The molecule has 1 rings (SSSR count). The number of hydrogen-bond acceptors (Lipinski definition) is 4. The van der Waals surface area contributed by atoms with Crippen molar-refractivity contribution in [1.29, 1.82) is 0 Å². The molecule has 6 heteroatoms. The van der Waals surface area contributed by atoms with Crippen molar-refractivity contribution in [3.63, 3.8) is 0 Å². The molecule has 0 amide bonds. The molecule has 0 spiro atoms. The monoisotopic (exact) mass is 249 g/mol. The SMILES string of the molecule is CCN(C)CCNS(=O)(=O)CC1CCCN1. The summed E-state index contributed by atoms with van der Waals surface area (Å²) in [5.41, 5.74) is 0. The Balaban J connectivity index is 2.23. The van der Waals surface area contributed by atoms with Gasteiger partial charge in [-0.1, -0.05) is 6.92 Å². The molecule has 0 radical (unpaired) electrons. The predicted molar refractivity (Wildman–Crippen MR) is 66.0 cm³/mol. The third-order valence-corrected chi connectivity index (χ3v) is 4.42. The van der Waals surface area contributed by atoms with E-state index in [2.05, 4.69) is 21.9 Å². The highest BCUT2D eigenvalue weighted by Crippen LogP contribution is 2.06. The van der Waals surface area contributed by atoms with E-state index in [1.165, 1.54) is 0 Å². The second kappa shape index (κ2) is 6.54. The highest BCUT2D eigenvalue weighted by atomic mass is 32.2. The standard InChI is InChI=1S/C10H23N3O2S/c1-3-13(2)8-7-12-16(14,15)9-10-5-4-6-11-10/h10-12H,3-9H2,1-2H3. The summed E-state index contributed by atoms with van der Waals surface area (Å²) >= 11 is 0. The summed E-state index contributed by atoms with van der Waals surface area (Å²) in [6.45, 7) is 5.19. The molecule has 0 aliphatic carbocycles. The van der Waals surface area contributed by atoms with Gasteiger partial charge in [0.2, 0.25) is 10.0 Å². The van der Waals surface area contributed by atoms with Crippen LogP contribution in [0.1, 0.15) is 19.8 Å². The summed E-state index contributed by atoms with van der Waals surface area (Å²) in [6, 6.07) is 0.140. The van der Waals surface area contributed by atoms with Gasteiger partial charge >= 0.3 is 0 Å². The third-order valence-electron chi connectivity index (χ3n) is 2.94. The van der Waals surface area contributed by atoms with Crippen molar-refractivity contribution in [2.75, 3.05) is 39.0 Å². The van der Waals surface area contributed by atoms with Crippen molar-refractivity contribution >= 4 is 10.0 Å². The number of nitrogens with zero attached hydrogens (tertiary/aromatic N) is 1. The van der Waals surface area contributed by atoms with Gasteiger partial charge in [-0.3, -0.25) is 0 Å². The molecule has 96 valence electrons. The number of likely N-dealkylation sites (N-methyl/N-ethyl adjacent to an activating group) is 1. The largest absolute Gasteiger partial charge is 0.313 e. The lowest BCUT2D eigenvalue weighted by Crippen LogP contribution is -2.39. The van der Waals surface area contributed by atoms with Crippen LogP contribution >= 0.6 is 0 Å². The van der Waals surface area contributed by atoms with Crippen molar-refractivity contribution in [1.82, 2.24) is 14.9 Å². The van der Waals surface area contributed by atoms with E-state index in [0.29, 0.717) is 6.54 Å². The zero-order valence-electron chi connectivity index (χ0n) is 10.2. The van der Waals surface area contributed by atoms with Crippen LogP contribution in [0.4, 0.5) is 0 Å². The molecule has 0 saturated carbocycles. The Hall–Kier alpha value is -0.170. The fourth-order valence-electron chi connectivity index (χ4n) is 1.77. The topological polar surface area (TPSA) is 61.4 Å². The van der Waals surface area contributed by atoms with Crippen molar-refractivity contribution in [2.24, 2.45) is 0 Å². The molecule has 2 N–H and O–H groups in total. The molecule has 0 aromatic carbocycles. The van der Waals surface area contributed by atoms with Gasteiger partial charge in [-0.25, -0.2) is 13.1 Å². The summed E-state index contributed by atoms with van der Waals surface area (Å²) in [5.74, 6) is 0.211. The van der Waals surface area contributed by atoms with Gasteiger partial charge in [-0.2, -0.15) is 0 Å². The van der Waals surface area contributed by atoms with E-state index >= 15 is 0 Å². The fraction of sp³-hybridized carbons (Fsp3) is 1.00. The van der Waals surface area contributed by atoms with Crippen LogP contribution in [0.3, 0.4) is 0 Å². The maximum absolute atomic E-state index is 11.7. The first-order valence-corrected chi connectivity index (χ1v) is 7.58. The Bertz CT molecular complexity index is 286. The Labute approximate surface area is 98.6 Å². The van der Waals surface area contributed by atoms with E-state index in [1.54, 1.807) is 0 Å². The van der Waals surface area contributed by atoms with Gasteiger partial charge in [-0.15, -0.1) is 0 Å². The summed E-state index contributed by atoms with van der Waals surface area (Å²) in [4.78, 5) is 2.08. The normalized spacial score (nSPS) is 21.8. The molecule has 5 nitrogen and oxygen atoms in total. The number of nitrogens with one attached hydrogen (secondary N) is 2. The van der Waals surface area contributed by atoms with Crippen LogP contribution in [0.25, 0.3) is 0 Å². The Morgan fingerprint density at radius 2 is 2.25 bits per heavy atom. The molecular formula is C10H23N3O2S. The molecule has 1 atom stereocenters. The molecule has 1 fully saturated rings. The number of sulfonamides is 1. The van der Waals surface area contributed by atoms with Gasteiger partial charge in [-0.05, 0) is 33.0 Å². The van der Waals surface area contributed by atoms with Crippen LogP contribution < -0.4 is 10.0 Å². The van der Waals surface area contributed by atoms with Crippen molar-refractivity contribution < 1.29 is 8.42 Å². The van der Waals surface area contributed by atoms with E-state index < -0.39 is 10.0 Å². The van der Waals surface area contributed by atoms with Gasteiger partial charge in [0.25, 0.3) is 0 Å². The van der Waals surface area contributed by atoms with E-state index in [-0.39, 0.29) is 11.8 Å². The molecule has 1 heterocycles. The van der Waals surface area contributed by atoms with Crippen LogP contribution in [0, 0.1) is 0 Å². The Morgan fingerprint density at radius 1 is 1.50 bits per heavy atom. The van der Waals surface area contributed by atoms with Gasteiger partial charge in [0.1, 0.15) is 0 Å². The summed E-state index contributed by atoms with van der Waals surface area (Å²) < 4.78 is 26.0. The van der Waals surface area contributed by atoms with E-state index in [9.17, 15) is 8.42 Å². The average Bonchev–Trinajstić information content (AvgIpc) is 2.69. The maximum Gasteiger partial charge on any atom is 0.213 e. The molecule has 1 unspecified atom stereocenters. The van der Waals surface area contributed by atoms with E-state index in [1.807, 2.05) is 7.05 Å². The third kappa shape index (κ3) is 5.25. The minimum atomic E-state index is -3.11.